The maximum absolute atomic E-state index is 12.9. The third kappa shape index (κ3) is 4.33. The predicted octanol–water partition coefficient (Wildman–Crippen LogP) is 5.85. The molecule has 0 aliphatic heterocycles. The summed E-state index contributed by atoms with van der Waals surface area (Å²) in [4.78, 5) is 30.1. The lowest BCUT2D eigenvalue weighted by atomic mass is 10.1. The highest BCUT2D eigenvalue weighted by Crippen LogP contribution is 2.34. The topological polar surface area (TPSA) is 96.0 Å². The zero-order valence-electron chi connectivity index (χ0n) is 17.9. The van der Waals surface area contributed by atoms with Gasteiger partial charge in [0.25, 0.3) is 5.69 Å². The number of hydrogen-bond acceptors (Lipinski definition) is 7. The first kappa shape index (κ1) is 22.5. The first-order valence-corrected chi connectivity index (χ1v) is 10.9. The van der Waals surface area contributed by atoms with Crippen LogP contribution in [0.3, 0.4) is 0 Å². The molecule has 2 heterocycles. The van der Waals surface area contributed by atoms with Crippen molar-refractivity contribution in [1.82, 2.24) is 9.38 Å². The lowest BCUT2D eigenvalue weighted by Crippen LogP contribution is -1.98. The molecule has 0 aliphatic rings. The first-order valence-electron chi connectivity index (χ1n) is 9.69. The van der Waals surface area contributed by atoms with Gasteiger partial charge in [-0.2, -0.15) is 0 Å². The molecule has 0 N–H and O–H groups in total. The van der Waals surface area contributed by atoms with Crippen LogP contribution in [-0.2, 0) is 0 Å². The number of methoxy groups -OCH3 is 2. The van der Waals surface area contributed by atoms with Gasteiger partial charge in [-0.1, -0.05) is 17.7 Å². The zero-order chi connectivity index (χ0) is 23.7. The number of ketones is 1. The van der Waals surface area contributed by atoms with Gasteiger partial charge in [0.05, 0.1) is 30.5 Å². The number of aromatic nitrogens is 2. The normalized spacial score (nSPS) is 11.3. The predicted molar refractivity (Wildman–Crippen MR) is 128 cm³/mol. The van der Waals surface area contributed by atoms with E-state index in [1.54, 1.807) is 30.3 Å². The monoisotopic (exact) mass is 483 g/mol. The SMILES string of the molecule is COc1ccc(C(=O)C=Cc2c(-c3ccc(Cl)c([N+](=O)[O-])c3)nc3sc(C)cn23)cc1OC. The molecule has 0 saturated carbocycles. The van der Waals surface area contributed by atoms with Crippen molar-refractivity contribution in [3.8, 4) is 22.8 Å². The van der Waals surface area contributed by atoms with Crippen LogP contribution in [0.5, 0.6) is 11.5 Å². The van der Waals surface area contributed by atoms with Crippen molar-refractivity contribution in [3.63, 3.8) is 0 Å². The molecular weight excluding hydrogens is 466 g/mol. The molecule has 10 heteroatoms. The van der Waals surface area contributed by atoms with Crippen molar-refractivity contribution in [1.29, 1.82) is 0 Å². The van der Waals surface area contributed by atoms with Crippen LogP contribution < -0.4 is 9.47 Å². The molecular formula is C23H18ClN3O5S. The Morgan fingerprint density at radius 1 is 1.18 bits per heavy atom. The van der Waals surface area contributed by atoms with Crippen LogP contribution >= 0.6 is 22.9 Å². The summed E-state index contributed by atoms with van der Waals surface area (Å²) in [6.07, 6.45) is 4.99. The third-order valence-electron chi connectivity index (χ3n) is 4.96. The summed E-state index contributed by atoms with van der Waals surface area (Å²) in [7, 11) is 3.02. The molecule has 168 valence electrons. The average molecular weight is 484 g/mol. The van der Waals surface area contributed by atoms with Gasteiger partial charge in [0.2, 0.25) is 0 Å². The number of aryl methyl sites for hydroxylation is 1. The zero-order valence-corrected chi connectivity index (χ0v) is 19.4. The molecule has 0 saturated heterocycles. The highest BCUT2D eigenvalue weighted by Gasteiger charge is 2.19. The van der Waals surface area contributed by atoms with E-state index in [4.69, 9.17) is 21.1 Å². The molecule has 0 aliphatic carbocycles. The second kappa shape index (κ2) is 9.05. The van der Waals surface area contributed by atoms with Crippen molar-refractivity contribution in [3.05, 3.63) is 79.9 Å². The first-order chi connectivity index (χ1) is 15.8. The van der Waals surface area contributed by atoms with E-state index in [1.807, 2.05) is 17.5 Å². The fraction of sp³-hybridized carbons (Fsp3) is 0.130. The Hall–Kier alpha value is -3.69. The Kier molecular flexibility index (Phi) is 6.17. The molecule has 4 aromatic rings. The number of fused-ring (bicyclic) bond motifs is 1. The number of rotatable bonds is 7. The Bertz CT molecular complexity index is 1420. The Morgan fingerprint density at radius 3 is 2.64 bits per heavy atom. The van der Waals surface area contributed by atoms with E-state index in [0.717, 1.165) is 4.88 Å². The molecule has 33 heavy (non-hydrogen) atoms. The number of imidazole rings is 1. The maximum Gasteiger partial charge on any atom is 0.288 e. The Balaban J connectivity index is 1.78. The number of hydrogen-bond donors (Lipinski definition) is 0. The standard InChI is InChI=1S/C23H18ClN3O5S/c1-13-12-26-17(7-8-19(28)14-5-9-20(31-2)21(11-14)32-3)22(25-23(26)33-13)15-4-6-16(24)18(10-15)27(29)30/h4-12H,1-3H3. The van der Waals surface area contributed by atoms with Gasteiger partial charge in [0, 0.05) is 28.3 Å². The van der Waals surface area contributed by atoms with Gasteiger partial charge in [0.15, 0.2) is 22.2 Å². The van der Waals surface area contributed by atoms with Gasteiger partial charge in [-0.3, -0.25) is 19.3 Å². The Labute approximate surface area is 197 Å². The van der Waals surface area contributed by atoms with E-state index >= 15 is 0 Å². The highest BCUT2D eigenvalue weighted by atomic mass is 35.5. The van der Waals surface area contributed by atoms with E-state index in [1.165, 1.54) is 43.8 Å². The van der Waals surface area contributed by atoms with Crippen LogP contribution in [0.1, 0.15) is 20.9 Å². The van der Waals surface area contributed by atoms with Crippen LogP contribution in [0.25, 0.3) is 22.3 Å². The maximum atomic E-state index is 12.9. The quantitative estimate of drug-likeness (QED) is 0.142. The van der Waals surface area contributed by atoms with Crippen LogP contribution in [0, 0.1) is 17.0 Å². The largest absolute Gasteiger partial charge is 0.493 e. The fourth-order valence-electron chi connectivity index (χ4n) is 3.38. The summed E-state index contributed by atoms with van der Waals surface area (Å²) >= 11 is 7.45. The lowest BCUT2D eigenvalue weighted by molar-refractivity contribution is -0.384. The number of benzene rings is 2. The van der Waals surface area contributed by atoms with Crippen molar-refractivity contribution < 1.29 is 19.2 Å². The van der Waals surface area contributed by atoms with Gasteiger partial charge in [-0.15, -0.1) is 11.3 Å². The number of nitro groups is 1. The van der Waals surface area contributed by atoms with Gasteiger partial charge < -0.3 is 9.47 Å². The van der Waals surface area contributed by atoms with Crippen LogP contribution in [0.2, 0.25) is 5.02 Å². The van der Waals surface area contributed by atoms with Crippen LogP contribution in [0.15, 0.2) is 48.7 Å². The summed E-state index contributed by atoms with van der Waals surface area (Å²) in [5.41, 5.74) is 1.88. The fourth-order valence-corrected chi connectivity index (χ4v) is 4.40. The molecule has 8 nitrogen and oxygen atoms in total. The van der Waals surface area contributed by atoms with Gasteiger partial charge in [-0.05, 0) is 43.3 Å². The summed E-state index contributed by atoms with van der Waals surface area (Å²) in [6, 6.07) is 9.44. The molecule has 2 aromatic heterocycles. The molecule has 0 spiro atoms. The number of nitrogens with zero attached hydrogens (tertiary/aromatic N) is 3. The second-order valence-corrected chi connectivity index (χ2v) is 8.65. The van der Waals surface area contributed by atoms with E-state index in [9.17, 15) is 14.9 Å². The van der Waals surface area contributed by atoms with E-state index in [0.29, 0.717) is 39.0 Å². The summed E-state index contributed by atoms with van der Waals surface area (Å²) in [5.74, 6) is 0.730. The van der Waals surface area contributed by atoms with Crippen molar-refractivity contribution in [2.24, 2.45) is 0 Å². The molecule has 0 atom stereocenters. The van der Waals surface area contributed by atoms with Gasteiger partial charge in [-0.25, -0.2) is 4.98 Å². The van der Waals surface area contributed by atoms with E-state index < -0.39 is 4.92 Å². The van der Waals surface area contributed by atoms with E-state index in [-0.39, 0.29) is 16.5 Å². The van der Waals surface area contributed by atoms with Crippen molar-refractivity contribution >= 4 is 45.4 Å². The number of carbonyl (C=O) groups excluding carboxylic acids is 1. The number of nitro benzene ring substituents is 1. The molecule has 0 bridgehead atoms. The molecule has 0 unspecified atom stereocenters. The minimum absolute atomic E-state index is 0.0429. The molecule has 4 rings (SSSR count). The third-order valence-corrected chi connectivity index (χ3v) is 6.17. The number of thiazole rings is 1. The molecule has 2 aromatic carbocycles. The summed E-state index contributed by atoms with van der Waals surface area (Å²) in [5, 5.41) is 11.4. The number of halogens is 1. The number of carbonyl (C=O) groups is 1. The highest BCUT2D eigenvalue weighted by molar-refractivity contribution is 7.17. The van der Waals surface area contributed by atoms with Crippen molar-refractivity contribution in [2.75, 3.05) is 14.2 Å². The summed E-state index contributed by atoms with van der Waals surface area (Å²) < 4.78 is 12.3. The van der Waals surface area contributed by atoms with Crippen LogP contribution in [-0.4, -0.2) is 34.3 Å². The van der Waals surface area contributed by atoms with Crippen LogP contribution in [0.4, 0.5) is 5.69 Å². The summed E-state index contributed by atoms with van der Waals surface area (Å²) in [6.45, 7) is 1.95. The molecule has 0 fully saturated rings. The molecule has 0 radical (unpaired) electrons. The second-order valence-electron chi connectivity index (χ2n) is 7.03. The van der Waals surface area contributed by atoms with Crippen molar-refractivity contribution in [2.45, 2.75) is 6.92 Å². The van der Waals surface area contributed by atoms with Gasteiger partial charge in [0.1, 0.15) is 5.02 Å². The van der Waals surface area contributed by atoms with E-state index in [2.05, 4.69) is 4.98 Å². The Morgan fingerprint density at radius 2 is 1.94 bits per heavy atom. The van der Waals surface area contributed by atoms with Gasteiger partial charge >= 0.3 is 0 Å². The number of ether oxygens (including phenoxy) is 2. The minimum atomic E-state index is -0.537. The molecule has 0 amide bonds. The number of allylic oxidation sites excluding steroid dienone is 1. The minimum Gasteiger partial charge on any atom is -0.493 e. The lowest BCUT2D eigenvalue weighted by Gasteiger charge is -2.08. The average Bonchev–Trinajstić information content (AvgIpc) is 3.33. The smallest absolute Gasteiger partial charge is 0.288 e.